The molecule has 0 aliphatic carbocycles. The van der Waals surface area contributed by atoms with Gasteiger partial charge in [0.15, 0.2) is 6.10 Å². The van der Waals surface area contributed by atoms with E-state index in [2.05, 4.69) is 5.32 Å². The maximum atomic E-state index is 12.9. The summed E-state index contributed by atoms with van der Waals surface area (Å²) in [6.45, 7) is 4.38. The molecule has 3 rings (SSSR count). The average Bonchev–Trinajstić information content (AvgIpc) is 2.68. The predicted molar refractivity (Wildman–Crippen MR) is 104 cm³/mol. The molecule has 5 heteroatoms. The molecule has 0 saturated carbocycles. The van der Waals surface area contributed by atoms with Crippen LogP contribution in [0.5, 0.6) is 0 Å². The van der Waals surface area contributed by atoms with E-state index < -0.39 is 12.1 Å². The first-order chi connectivity index (χ1) is 13.1. The minimum Gasteiger partial charge on any atom is -0.356 e. The molecule has 142 valence electrons. The van der Waals surface area contributed by atoms with Gasteiger partial charge in [0.1, 0.15) is 6.61 Å². The van der Waals surface area contributed by atoms with Crippen molar-refractivity contribution in [3.63, 3.8) is 0 Å². The zero-order valence-electron chi connectivity index (χ0n) is 15.8. The van der Waals surface area contributed by atoms with Crippen LogP contribution in [-0.4, -0.2) is 42.0 Å². The molecule has 2 amide bonds. The molecule has 2 atom stereocenters. The molecule has 2 aromatic rings. The molecule has 0 radical (unpaired) electrons. The minimum absolute atomic E-state index is 0.0220. The topological polar surface area (TPSA) is 58.6 Å². The summed E-state index contributed by atoms with van der Waals surface area (Å²) in [6.07, 6.45) is 0.0329. The number of carbonyl (C=O) groups excluding carboxylic acids is 2. The van der Waals surface area contributed by atoms with Gasteiger partial charge in [0.25, 0.3) is 5.91 Å². The van der Waals surface area contributed by atoms with E-state index in [0.717, 1.165) is 12.0 Å². The van der Waals surface area contributed by atoms with Crippen LogP contribution < -0.4 is 5.32 Å². The molecule has 1 N–H and O–H groups in total. The number of ether oxygens (including phenoxy) is 1. The molecule has 2 aromatic carbocycles. The number of nitrogens with one attached hydrogen (secondary N) is 1. The second-order valence-electron chi connectivity index (χ2n) is 7.01. The molecule has 1 aliphatic rings. The molecule has 0 bridgehead atoms. The number of benzene rings is 2. The Morgan fingerprint density at radius 3 is 2.37 bits per heavy atom. The van der Waals surface area contributed by atoms with Crippen LogP contribution in [0.3, 0.4) is 0 Å². The Kier molecular flexibility index (Phi) is 6.24. The Bertz CT molecular complexity index is 762. The lowest BCUT2D eigenvalue weighted by atomic mass is 9.95. The number of morpholine rings is 1. The molecule has 0 unspecified atom stereocenters. The van der Waals surface area contributed by atoms with Crippen LogP contribution in [0.15, 0.2) is 60.7 Å². The zero-order valence-corrected chi connectivity index (χ0v) is 15.8. The van der Waals surface area contributed by atoms with Crippen LogP contribution in [0.4, 0.5) is 0 Å². The van der Waals surface area contributed by atoms with Crippen molar-refractivity contribution in [1.82, 2.24) is 10.2 Å². The molecule has 27 heavy (non-hydrogen) atoms. The molecule has 1 heterocycles. The Balaban J connectivity index is 1.74. The summed E-state index contributed by atoms with van der Waals surface area (Å²) in [6, 6.07) is 19.2. The van der Waals surface area contributed by atoms with Gasteiger partial charge < -0.3 is 15.0 Å². The number of rotatable bonds is 6. The number of hydrogen-bond acceptors (Lipinski definition) is 3. The van der Waals surface area contributed by atoms with Crippen molar-refractivity contribution >= 4 is 11.8 Å². The lowest BCUT2D eigenvalue weighted by Crippen LogP contribution is -2.56. The van der Waals surface area contributed by atoms with Crippen LogP contribution in [-0.2, 0) is 20.7 Å². The average molecular weight is 366 g/mol. The highest BCUT2D eigenvalue weighted by Crippen LogP contribution is 2.32. The number of nitrogens with zero attached hydrogens (tertiary/aromatic N) is 1. The molecule has 1 aliphatic heterocycles. The maximum Gasteiger partial charge on any atom is 0.251 e. The largest absolute Gasteiger partial charge is 0.356 e. The molecular formula is C22H26N2O3. The van der Waals surface area contributed by atoms with E-state index >= 15 is 0 Å². The highest BCUT2D eigenvalue weighted by molar-refractivity contribution is 5.86. The second kappa shape index (κ2) is 8.82. The third kappa shape index (κ3) is 4.55. The summed E-state index contributed by atoms with van der Waals surface area (Å²) >= 11 is 0. The summed E-state index contributed by atoms with van der Waals surface area (Å²) in [5, 5.41) is 2.97. The Labute approximate surface area is 160 Å². The molecule has 0 spiro atoms. The quantitative estimate of drug-likeness (QED) is 0.855. The third-order valence-corrected chi connectivity index (χ3v) is 4.77. The number of hydrogen-bond donors (Lipinski definition) is 1. The first kappa shape index (κ1) is 19.1. The molecule has 1 saturated heterocycles. The second-order valence-corrected chi connectivity index (χ2v) is 7.01. The van der Waals surface area contributed by atoms with Crippen LogP contribution in [0.25, 0.3) is 0 Å². The van der Waals surface area contributed by atoms with E-state index in [1.54, 1.807) is 4.90 Å². The third-order valence-electron chi connectivity index (χ3n) is 4.77. The van der Waals surface area contributed by atoms with E-state index in [4.69, 9.17) is 4.74 Å². The van der Waals surface area contributed by atoms with E-state index in [-0.39, 0.29) is 24.5 Å². The van der Waals surface area contributed by atoms with Gasteiger partial charge in [0.05, 0.1) is 6.04 Å². The Morgan fingerprint density at radius 2 is 1.74 bits per heavy atom. The summed E-state index contributed by atoms with van der Waals surface area (Å²) in [7, 11) is 0. The van der Waals surface area contributed by atoms with Gasteiger partial charge in [-0.25, -0.2) is 0 Å². The smallest absolute Gasteiger partial charge is 0.251 e. The highest BCUT2D eigenvalue weighted by Gasteiger charge is 2.42. The molecule has 1 fully saturated rings. The van der Waals surface area contributed by atoms with Gasteiger partial charge in [-0.15, -0.1) is 0 Å². The highest BCUT2D eigenvalue weighted by atomic mass is 16.5. The summed E-state index contributed by atoms with van der Waals surface area (Å²) in [5.41, 5.74) is 2.07. The lowest BCUT2D eigenvalue weighted by Gasteiger charge is -2.42. The van der Waals surface area contributed by atoms with Gasteiger partial charge in [-0.3, -0.25) is 9.59 Å². The van der Waals surface area contributed by atoms with Crippen molar-refractivity contribution in [2.24, 2.45) is 0 Å². The van der Waals surface area contributed by atoms with Gasteiger partial charge in [-0.05, 0) is 31.4 Å². The Morgan fingerprint density at radius 1 is 1.11 bits per heavy atom. The van der Waals surface area contributed by atoms with Gasteiger partial charge in [-0.1, -0.05) is 60.7 Å². The monoisotopic (exact) mass is 366 g/mol. The van der Waals surface area contributed by atoms with Crippen molar-refractivity contribution in [1.29, 1.82) is 0 Å². The van der Waals surface area contributed by atoms with E-state index in [9.17, 15) is 9.59 Å². The van der Waals surface area contributed by atoms with Gasteiger partial charge >= 0.3 is 0 Å². The zero-order chi connectivity index (χ0) is 19.2. The van der Waals surface area contributed by atoms with E-state index in [1.807, 2.05) is 74.5 Å². The number of carbonyl (C=O) groups is 2. The van der Waals surface area contributed by atoms with Crippen molar-refractivity contribution in [2.75, 3.05) is 13.2 Å². The van der Waals surface area contributed by atoms with Crippen molar-refractivity contribution < 1.29 is 14.3 Å². The van der Waals surface area contributed by atoms with Gasteiger partial charge in [-0.2, -0.15) is 0 Å². The van der Waals surface area contributed by atoms with Crippen LogP contribution in [0.2, 0.25) is 0 Å². The fourth-order valence-electron chi connectivity index (χ4n) is 3.52. The molecule has 5 nitrogen and oxygen atoms in total. The summed E-state index contributed by atoms with van der Waals surface area (Å²) in [4.78, 5) is 27.1. The van der Waals surface area contributed by atoms with E-state index in [0.29, 0.717) is 6.54 Å². The fourth-order valence-corrected chi connectivity index (χ4v) is 3.52. The summed E-state index contributed by atoms with van der Waals surface area (Å²) in [5.74, 6) is -0.273. The van der Waals surface area contributed by atoms with Gasteiger partial charge in [0.2, 0.25) is 5.91 Å². The van der Waals surface area contributed by atoms with Crippen molar-refractivity contribution in [3.05, 3.63) is 71.8 Å². The summed E-state index contributed by atoms with van der Waals surface area (Å²) < 4.78 is 5.70. The maximum absolute atomic E-state index is 12.9. The van der Waals surface area contributed by atoms with Crippen LogP contribution in [0, 0.1) is 0 Å². The molecule has 0 aromatic heterocycles. The van der Waals surface area contributed by atoms with Crippen LogP contribution >= 0.6 is 0 Å². The fraction of sp³-hybridized carbons (Fsp3) is 0.364. The lowest BCUT2D eigenvalue weighted by molar-refractivity contribution is -0.167. The number of amides is 2. The van der Waals surface area contributed by atoms with Crippen molar-refractivity contribution in [3.8, 4) is 0 Å². The first-order valence-corrected chi connectivity index (χ1v) is 9.37. The first-order valence-electron chi connectivity index (χ1n) is 9.37. The van der Waals surface area contributed by atoms with E-state index in [1.165, 1.54) is 5.56 Å². The normalized spacial score (nSPS) is 20.0. The van der Waals surface area contributed by atoms with Gasteiger partial charge in [0, 0.05) is 12.6 Å². The predicted octanol–water partition coefficient (Wildman–Crippen LogP) is 2.72. The Hall–Kier alpha value is -2.66. The standard InChI is InChI=1S/C22H26N2O3/c1-16(2)24-19(25)15-27-21(20(24)18-11-7-4-8-12-18)22(26)23-14-13-17-9-5-3-6-10-17/h3-12,16,20-21H,13-15H2,1-2H3,(H,23,26)/t20-,21+/m1/s1. The minimum atomic E-state index is -0.719. The van der Waals surface area contributed by atoms with Crippen LogP contribution in [0.1, 0.15) is 31.0 Å². The van der Waals surface area contributed by atoms with Crippen molar-refractivity contribution in [2.45, 2.75) is 38.5 Å². The SMILES string of the molecule is CC(C)N1C(=O)CO[C@H](C(=O)NCCc2ccccc2)[C@H]1c1ccccc1. The molecular weight excluding hydrogens is 340 g/mol.